The Hall–Kier alpha value is -0.570. The predicted octanol–water partition coefficient (Wildman–Crippen LogP) is 2.37. The average molecular weight is 238 g/mol. The minimum absolute atomic E-state index is 0.0688. The van der Waals surface area contributed by atoms with Gasteiger partial charge in [-0.3, -0.25) is 10.1 Å². The standard InChI is InChI=1S/C14H26N2O/c1-4-11(3)13-14(17)16(9-15-13)12-7-5-10(2)6-8-12/h10-13,15H,4-9H2,1-3H3. The van der Waals surface area contributed by atoms with E-state index in [9.17, 15) is 4.79 Å². The monoisotopic (exact) mass is 238 g/mol. The van der Waals surface area contributed by atoms with Crippen LogP contribution in [0.1, 0.15) is 52.9 Å². The fourth-order valence-electron chi connectivity index (χ4n) is 3.08. The van der Waals surface area contributed by atoms with Crippen LogP contribution in [0.4, 0.5) is 0 Å². The molecule has 0 aromatic rings. The number of hydrogen-bond acceptors (Lipinski definition) is 2. The Morgan fingerprint density at radius 2 is 2.00 bits per heavy atom. The van der Waals surface area contributed by atoms with Crippen molar-refractivity contribution in [3.8, 4) is 0 Å². The highest BCUT2D eigenvalue weighted by Gasteiger charge is 2.38. The van der Waals surface area contributed by atoms with Crippen LogP contribution in [-0.4, -0.2) is 29.6 Å². The van der Waals surface area contributed by atoms with Crippen LogP contribution in [0.25, 0.3) is 0 Å². The zero-order valence-corrected chi connectivity index (χ0v) is 11.4. The first-order chi connectivity index (χ1) is 8.13. The van der Waals surface area contributed by atoms with Crippen LogP contribution in [-0.2, 0) is 4.79 Å². The van der Waals surface area contributed by atoms with Crippen LogP contribution >= 0.6 is 0 Å². The van der Waals surface area contributed by atoms with Gasteiger partial charge in [0.15, 0.2) is 0 Å². The second-order valence-electron chi connectivity index (χ2n) is 5.95. The van der Waals surface area contributed by atoms with E-state index < -0.39 is 0 Å². The Kier molecular flexibility index (Phi) is 4.08. The SMILES string of the molecule is CCC(C)C1NCN(C2CCC(C)CC2)C1=O. The quantitative estimate of drug-likeness (QED) is 0.818. The van der Waals surface area contributed by atoms with Gasteiger partial charge in [0.25, 0.3) is 0 Å². The summed E-state index contributed by atoms with van der Waals surface area (Å²) < 4.78 is 0. The van der Waals surface area contributed by atoms with Gasteiger partial charge in [0.05, 0.1) is 12.7 Å². The Bertz CT molecular complexity index is 271. The topological polar surface area (TPSA) is 32.3 Å². The highest BCUT2D eigenvalue weighted by atomic mass is 16.2. The van der Waals surface area contributed by atoms with Gasteiger partial charge in [0.1, 0.15) is 0 Å². The van der Waals surface area contributed by atoms with E-state index in [0.29, 0.717) is 17.9 Å². The zero-order chi connectivity index (χ0) is 12.4. The number of amides is 1. The molecule has 1 aliphatic heterocycles. The third kappa shape index (κ3) is 2.65. The van der Waals surface area contributed by atoms with Crippen LogP contribution < -0.4 is 5.32 Å². The van der Waals surface area contributed by atoms with Crippen molar-refractivity contribution in [2.24, 2.45) is 11.8 Å². The number of nitrogens with zero attached hydrogens (tertiary/aromatic N) is 1. The molecular weight excluding hydrogens is 212 g/mol. The smallest absolute Gasteiger partial charge is 0.241 e. The molecule has 1 N–H and O–H groups in total. The lowest BCUT2D eigenvalue weighted by Crippen LogP contribution is -2.41. The van der Waals surface area contributed by atoms with Gasteiger partial charge in [-0.25, -0.2) is 0 Å². The number of nitrogens with one attached hydrogen (secondary N) is 1. The summed E-state index contributed by atoms with van der Waals surface area (Å²) in [4.78, 5) is 14.4. The summed E-state index contributed by atoms with van der Waals surface area (Å²) in [5, 5.41) is 3.39. The van der Waals surface area contributed by atoms with Crippen LogP contribution in [0, 0.1) is 11.8 Å². The van der Waals surface area contributed by atoms with Crippen LogP contribution in [0.3, 0.4) is 0 Å². The first-order valence-corrected chi connectivity index (χ1v) is 7.17. The van der Waals surface area contributed by atoms with Gasteiger partial charge in [-0.1, -0.05) is 27.2 Å². The van der Waals surface area contributed by atoms with Gasteiger partial charge in [-0.15, -0.1) is 0 Å². The second kappa shape index (κ2) is 5.38. The van der Waals surface area contributed by atoms with Crippen molar-refractivity contribution in [1.29, 1.82) is 0 Å². The van der Waals surface area contributed by atoms with Gasteiger partial charge in [-0.05, 0) is 37.5 Å². The van der Waals surface area contributed by atoms with E-state index in [1.54, 1.807) is 0 Å². The van der Waals surface area contributed by atoms with Crippen molar-refractivity contribution in [2.75, 3.05) is 6.67 Å². The largest absolute Gasteiger partial charge is 0.326 e. The summed E-state index contributed by atoms with van der Waals surface area (Å²) in [7, 11) is 0. The molecule has 2 unspecified atom stereocenters. The van der Waals surface area contributed by atoms with E-state index >= 15 is 0 Å². The first-order valence-electron chi connectivity index (χ1n) is 7.17. The molecule has 0 aromatic carbocycles. The summed E-state index contributed by atoms with van der Waals surface area (Å²) in [6.45, 7) is 7.42. The van der Waals surface area contributed by atoms with Crippen LogP contribution in [0.5, 0.6) is 0 Å². The second-order valence-corrected chi connectivity index (χ2v) is 5.95. The Morgan fingerprint density at radius 1 is 1.35 bits per heavy atom. The molecule has 1 aliphatic carbocycles. The van der Waals surface area contributed by atoms with Gasteiger partial charge in [-0.2, -0.15) is 0 Å². The molecule has 1 saturated heterocycles. The van der Waals surface area contributed by atoms with E-state index in [1.807, 2.05) is 0 Å². The maximum Gasteiger partial charge on any atom is 0.241 e. The number of carbonyl (C=O) groups excluding carboxylic acids is 1. The lowest BCUT2D eigenvalue weighted by Gasteiger charge is -2.33. The molecule has 1 amide bonds. The molecule has 3 heteroatoms. The third-order valence-corrected chi connectivity index (χ3v) is 4.67. The number of carbonyl (C=O) groups is 1. The summed E-state index contributed by atoms with van der Waals surface area (Å²) in [6.07, 6.45) is 6.02. The highest BCUT2D eigenvalue weighted by molar-refractivity contribution is 5.84. The molecule has 2 rings (SSSR count). The van der Waals surface area contributed by atoms with Crippen molar-refractivity contribution < 1.29 is 4.79 Å². The fourth-order valence-corrected chi connectivity index (χ4v) is 3.08. The first kappa shape index (κ1) is 12.9. The molecule has 1 saturated carbocycles. The summed E-state index contributed by atoms with van der Waals surface area (Å²) >= 11 is 0. The molecule has 0 aromatic heterocycles. The van der Waals surface area contributed by atoms with Gasteiger partial charge < -0.3 is 4.90 Å². The van der Waals surface area contributed by atoms with Crippen molar-refractivity contribution in [1.82, 2.24) is 10.2 Å². The summed E-state index contributed by atoms with van der Waals surface area (Å²) in [5.74, 6) is 1.65. The van der Waals surface area contributed by atoms with E-state index in [-0.39, 0.29) is 6.04 Å². The van der Waals surface area contributed by atoms with E-state index in [1.165, 1.54) is 25.7 Å². The molecule has 3 nitrogen and oxygen atoms in total. The van der Waals surface area contributed by atoms with Crippen LogP contribution in [0.2, 0.25) is 0 Å². The zero-order valence-electron chi connectivity index (χ0n) is 11.4. The van der Waals surface area contributed by atoms with Crippen molar-refractivity contribution in [2.45, 2.75) is 65.0 Å². The minimum atomic E-state index is 0.0688. The van der Waals surface area contributed by atoms with E-state index in [2.05, 4.69) is 31.0 Å². The molecule has 0 radical (unpaired) electrons. The number of rotatable bonds is 3. The normalized spacial score (nSPS) is 36.3. The van der Waals surface area contributed by atoms with Gasteiger partial charge in [0.2, 0.25) is 5.91 Å². The molecule has 2 atom stereocenters. The molecule has 98 valence electrons. The maximum atomic E-state index is 12.4. The van der Waals surface area contributed by atoms with Crippen molar-refractivity contribution in [3.05, 3.63) is 0 Å². The Morgan fingerprint density at radius 3 is 2.59 bits per heavy atom. The average Bonchev–Trinajstić information content (AvgIpc) is 2.71. The molecule has 2 aliphatic rings. The summed E-state index contributed by atoms with van der Waals surface area (Å²) in [6, 6.07) is 0.569. The van der Waals surface area contributed by atoms with Gasteiger partial charge >= 0.3 is 0 Å². The fraction of sp³-hybridized carbons (Fsp3) is 0.929. The number of hydrogen-bond donors (Lipinski definition) is 1. The van der Waals surface area contributed by atoms with E-state index in [0.717, 1.165) is 19.0 Å². The third-order valence-electron chi connectivity index (χ3n) is 4.67. The molecule has 0 spiro atoms. The van der Waals surface area contributed by atoms with Crippen LogP contribution in [0.15, 0.2) is 0 Å². The molecule has 2 fully saturated rings. The molecular formula is C14H26N2O. The predicted molar refractivity (Wildman–Crippen MR) is 69.5 cm³/mol. The van der Waals surface area contributed by atoms with Crippen molar-refractivity contribution in [3.63, 3.8) is 0 Å². The minimum Gasteiger partial charge on any atom is -0.326 e. The lowest BCUT2D eigenvalue weighted by molar-refractivity contribution is -0.132. The molecule has 0 bridgehead atoms. The van der Waals surface area contributed by atoms with E-state index in [4.69, 9.17) is 0 Å². The highest BCUT2D eigenvalue weighted by Crippen LogP contribution is 2.29. The Balaban J connectivity index is 1.93. The summed E-state index contributed by atoms with van der Waals surface area (Å²) in [5.41, 5.74) is 0. The van der Waals surface area contributed by atoms with Gasteiger partial charge in [0, 0.05) is 6.04 Å². The maximum absolute atomic E-state index is 12.4. The Labute approximate surface area is 105 Å². The van der Waals surface area contributed by atoms with Crippen molar-refractivity contribution >= 4 is 5.91 Å². The molecule has 1 heterocycles. The lowest BCUT2D eigenvalue weighted by atomic mass is 9.86. The molecule has 17 heavy (non-hydrogen) atoms.